The Morgan fingerprint density at radius 2 is 1.71 bits per heavy atom. The van der Waals surface area contributed by atoms with Crippen molar-refractivity contribution < 1.29 is 9.59 Å². The van der Waals surface area contributed by atoms with Crippen molar-refractivity contribution in [3.63, 3.8) is 0 Å². The van der Waals surface area contributed by atoms with Crippen LogP contribution >= 0.6 is 0 Å². The van der Waals surface area contributed by atoms with Gasteiger partial charge in [-0.3, -0.25) is 9.59 Å². The maximum absolute atomic E-state index is 12.3. The minimum Gasteiger partial charge on any atom is -0.330 e. The second-order valence-electron chi connectivity index (χ2n) is 4.78. The molecule has 0 aliphatic rings. The molecule has 108 valence electrons. The van der Waals surface area contributed by atoms with E-state index in [-0.39, 0.29) is 11.7 Å². The Bertz CT molecular complexity index is 648. The summed E-state index contributed by atoms with van der Waals surface area (Å²) < 4.78 is 0. The van der Waals surface area contributed by atoms with E-state index in [4.69, 9.17) is 5.73 Å². The summed E-state index contributed by atoms with van der Waals surface area (Å²) in [5.41, 5.74) is 8.40. The van der Waals surface area contributed by atoms with E-state index in [0.717, 1.165) is 5.56 Å². The molecule has 0 aromatic heterocycles. The lowest BCUT2D eigenvalue weighted by atomic mass is 10.0. The van der Waals surface area contributed by atoms with Crippen molar-refractivity contribution >= 4 is 17.4 Å². The van der Waals surface area contributed by atoms with E-state index in [1.54, 1.807) is 30.3 Å². The summed E-state index contributed by atoms with van der Waals surface area (Å²) in [6.45, 7) is 2.01. The molecule has 0 heterocycles. The van der Waals surface area contributed by atoms with E-state index in [1.807, 2.05) is 18.2 Å². The van der Waals surface area contributed by atoms with Crippen molar-refractivity contribution in [2.75, 3.05) is 11.9 Å². The van der Waals surface area contributed by atoms with Crippen LogP contribution in [-0.4, -0.2) is 18.2 Å². The van der Waals surface area contributed by atoms with Gasteiger partial charge in [0.05, 0.1) is 0 Å². The van der Waals surface area contributed by atoms with Crippen LogP contribution in [0, 0.1) is 0 Å². The van der Waals surface area contributed by atoms with E-state index in [9.17, 15) is 9.59 Å². The van der Waals surface area contributed by atoms with Gasteiger partial charge in [0.15, 0.2) is 5.78 Å². The lowest BCUT2D eigenvalue weighted by Gasteiger charge is -2.09. The van der Waals surface area contributed by atoms with Gasteiger partial charge in [0, 0.05) is 16.8 Å². The largest absolute Gasteiger partial charge is 0.330 e. The lowest BCUT2D eigenvalue weighted by Crippen LogP contribution is -2.16. The van der Waals surface area contributed by atoms with Crippen LogP contribution in [0.5, 0.6) is 0 Å². The molecule has 3 N–H and O–H groups in total. The Balaban J connectivity index is 2.16. The van der Waals surface area contributed by atoms with Gasteiger partial charge in [-0.25, -0.2) is 0 Å². The quantitative estimate of drug-likeness (QED) is 0.828. The molecule has 21 heavy (non-hydrogen) atoms. The van der Waals surface area contributed by atoms with E-state index in [2.05, 4.69) is 5.32 Å². The van der Waals surface area contributed by atoms with Crippen molar-refractivity contribution in [1.82, 2.24) is 0 Å². The molecule has 0 saturated heterocycles. The van der Waals surface area contributed by atoms with Crippen LogP contribution in [0.15, 0.2) is 48.5 Å². The van der Waals surface area contributed by atoms with Crippen LogP contribution in [0.2, 0.25) is 0 Å². The minimum atomic E-state index is -0.172. The fourth-order valence-corrected chi connectivity index (χ4v) is 2.10. The van der Waals surface area contributed by atoms with Gasteiger partial charge in [-0.1, -0.05) is 18.2 Å². The Kier molecular flexibility index (Phi) is 4.85. The highest BCUT2D eigenvalue weighted by molar-refractivity contribution is 6.05. The van der Waals surface area contributed by atoms with Gasteiger partial charge in [0.2, 0.25) is 0 Å². The van der Waals surface area contributed by atoms with E-state index >= 15 is 0 Å². The fraction of sp³-hybridized carbons (Fsp3) is 0.176. The number of ketones is 1. The number of carbonyl (C=O) groups is 2. The molecule has 2 aromatic carbocycles. The first-order valence-electron chi connectivity index (χ1n) is 6.82. The molecular weight excluding hydrogens is 264 g/mol. The van der Waals surface area contributed by atoms with Gasteiger partial charge in [-0.05, 0) is 55.8 Å². The van der Waals surface area contributed by atoms with Crippen molar-refractivity contribution in [1.29, 1.82) is 0 Å². The highest BCUT2D eigenvalue weighted by Gasteiger charge is 2.10. The Morgan fingerprint density at radius 3 is 2.33 bits per heavy atom. The van der Waals surface area contributed by atoms with E-state index in [1.165, 1.54) is 6.92 Å². The molecular formula is C17H18N2O2. The highest BCUT2D eigenvalue weighted by atomic mass is 16.1. The molecule has 0 aliphatic heterocycles. The van der Waals surface area contributed by atoms with Crippen molar-refractivity contribution in [2.24, 2.45) is 5.73 Å². The molecule has 0 bridgehead atoms. The van der Waals surface area contributed by atoms with Crippen LogP contribution in [0.3, 0.4) is 0 Å². The molecule has 0 unspecified atom stereocenters. The number of nitrogens with two attached hydrogens (primary N) is 1. The fourth-order valence-electron chi connectivity index (χ4n) is 2.10. The first-order valence-corrected chi connectivity index (χ1v) is 6.82. The smallest absolute Gasteiger partial charge is 0.255 e. The number of anilines is 1. The van der Waals surface area contributed by atoms with Crippen LogP contribution in [0.4, 0.5) is 5.69 Å². The van der Waals surface area contributed by atoms with Crippen molar-refractivity contribution in [3.05, 3.63) is 65.2 Å². The maximum atomic E-state index is 12.3. The monoisotopic (exact) mass is 282 g/mol. The van der Waals surface area contributed by atoms with Gasteiger partial charge in [0.1, 0.15) is 0 Å². The highest BCUT2D eigenvalue weighted by Crippen LogP contribution is 2.14. The molecule has 2 rings (SSSR count). The molecule has 1 amide bonds. The van der Waals surface area contributed by atoms with E-state index < -0.39 is 0 Å². The number of benzene rings is 2. The maximum Gasteiger partial charge on any atom is 0.255 e. The van der Waals surface area contributed by atoms with Gasteiger partial charge in [-0.15, -0.1) is 0 Å². The number of hydrogen-bond donors (Lipinski definition) is 2. The van der Waals surface area contributed by atoms with Crippen molar-refractivity contribution in [2.45, 2.75) is 13.3 Å². The van der Waals surface area contributed by atoms with Gasteiger partial charge >= 0.3 is 0 Å². The Hall–Kier alpha value is -2.46. The summed E-state index contributed by atoms with van der Waals surface area (Å²) in [6.07, 6.45) is 0.660. The average molecular weight is 282 g/mol. The number of carbonyl (C=O) groups excluding carboxylic acids is 2. The molecule has 0 aliphatic carbocycles. The third kappa shape index (κ3) is 3.77. The summed E-state index contributed by atoms with van der Waals surface area (Å²) in [5.74, 6) is -0.171. The van der Waals surface area contributed by atoms with Crippen LogP contribution in [-0.2, 0) is 6.42 Å². The Morgan fingerprint density at radius 1 is 1.05 bits per heavy atom. The molecule has 0 radical (unpaired) electrons. The van der Waals surface area contributed by atoms with Crippen molar-refractivity contribution in [3.8, 4) is 0 Å². The Labute approximate surface area is 124 Å². The number of nitrogens with one attached hydrogen (secondary N) is 1. The number of rotatable bonds is 5. The molecule has 2 aromatic rings. The molecule has 0 fully saturated rings. The molecule has 4 heteroatoms. The predicted molar refractivity (Wildman–Crippen MR) is 83.6 cm³/mol. The second-order valence-corrected chi connectivity index (χ2v) is 4.78. The first kappa shape index (κ1) is 14.9. The number of amides is 1. The SMILES string of the molecule is CC(=O)c1ccc(NC(=O)c2ccccc2CCN)cc1. The third-order valence-corrected chi connectivity index (χ3v) is 3.22. The molecule has 0 saturated carbocycles. The normalized spacial score (nSPS) is 10.2. The van der Waals surface area contributed by atoms with E-state index in [0.29, 0.717) is 29.8 Å². The van der Waals surface area contributed by atoms with Gasteiger partial charge < -0.3 is 11.1 Å². The number of Topliss-reactive ketones (excluding diaryl/α,β-unsaturated/α-hetero) is 1. The lowest BCUT2D eigenvalue weighted by molar-refractivity contribution is 0.101. The van der Waals surface area contributed by atoms with Crippen LogP contribution in [0.25, 0.3) is 0 Å². The third-order valence-electron chi connectivity index (χ3n) is 3.22. The standard InChI is InChI=1S/C17H18N2O2/c1-12(20)13-6-8-15(9-7-13)19-17(21)16-5-3-2-4-14(16)10-11-18/h2-9H,10-11,18H2,1H3,(H,19,21). The molecule has 4 nitrogen and oxygen atoms in total. The van der Waals surface area contributed by atoms with Gasteiger partial charge in [0.25, 0.3) is 5.91 Å². The summed E-state index contributed by atoms with van der Waals surface area (Å²) in [7, 11) is 0. The number of hydrogen-bond acceptors (Lipinski definition) is 3. The van der Waals surface area contributed by atoms with Crippen LogP contribution < -0.4 is 11.1 Å². The zero-order valence-corrected chi connectivity index (χ0v) is 11.9. The molecule has 0 spiro atoms. The summed E-state index contributed by atoms with van der Waals surface area (Å²) in [6, 6.07) is 14.2. The summed E-state index contributed by atoms with van der Waals surface area (Å²) in [4.78, 5) is 23.5. The summed E-state index contributed by atoms with van der Waals surface area (Å²) >= 11 is 0. The summed E-state index contributed by atoms with van der Waals surface area (Å²) in [5, 5.41) is 2.83. The zero-order valence-electron chi connectivity index (χ0n) is 11.9. The average Bonchev–Trinajstić information content (AvgIpc) is 2.48. The molecule has 0 atom stereocenters. The van der Waals surface area contributed by atoms with Crippen LogP contribution in [0.1, 0.15) is 33.2 Å². The van der Waals surface area contributed by atoms with Gasteiger partial charge in [-0.2, -0.15) is 0 Å². The zero-order chi connectivity index (χ0) is 15.2. The first-order chi connectivity index (χ1) is 10.1. The second kappa shape index (κ2) is 6.81. The predicted octanol–water partition coefficient (Wildman–Crippen LogP) is 2.64. The topological polar surface area (TPSA) is 72.2 Å². The minimum absolute atomic E-state index is 0.00108.